The Balaban J connectivity index is 1.43. The minimum atomic E-state index is -0.824. The maximum atomic E-state index is 13.7. The lowest BCUT2D eigenvalue weighted by Gasteiger charge is -2.34. The number of benzene rings is 2. The second-order valence-electron chi connectivity index (χ2n) is 6.69. The van der Waals surface area contributed by atoms with Crippen molar-refractivity contribution in [3.8, 4) is 0 Å². The fraction of sp³-hybridized carbons (Fsp3) is 0.250. The maximum absolute atomic E-state index is 13.7. The van der Waals surface area contributed by atoms with Gasteiger partial charge in [0.15, 0.2) is 5.78 Å². The number of nitrogens with one attached hydrogen (secondary N) is 1. The van der Waals surface area contributed by atoms with E-state index in [2.05, 4.69) is 10.3 Å². The Hall–Kier alpha value is -2.93. The van der Waals surface area contributed by atoms with Gasteiger partial charge in [0.1, 0.15) is 11.6 Å². The number of hydrogen-bond donors (Lipinski definition) is 1. The molecule has 2 heterocycles. The lowest BCUT2D eigenvalue weighted by molar-refractivity contribution is -0.117. The number of nitrogens with zero attached hydrogens (tertiary/aromatic N) is 2. The highest BCUT2D eigenvalue weighted by atomic mass is 19.1. The third-order valence-electron chi connectivity index (χ3n) is 4.85. The summed E-state index contributed by atoms with van der Waals surface area (Å²) >= 11 is 0. The first kappa shape index (κ1) is 17.5. The lowest BCUT2D eigenvalue weighted by atomic mass is 9.85. The highest BCUT2D eigenvalue weighted by molar-refractivity contribution is 6.18. The van der Waals surface area contributed by atoms with Crippen molar-refractivity contribution in [3.05, 3.63) is 59.7 Å². The van der Waals surface area contributed by atoms with Gasteiger partial charge in [-0.2, -0.15) is 0 Å². The van der Waals surface area contributed by atoms with Crippen LogP contribution < -0.4 is 5.32 Å². The van der Waals surface area contributed by atoms with Crippen molar-refractivity contribution >= 4 is 28.8 Å². The summed E-state index contributed by atoms with van der Waals surface area (Å²) in [5.74, 6) is -2.28. The fourth-order valence-electron chi connectivity index (χ4n) is 3.52. The molecule has 1 amide bonds. The molecule has 2 aromatic rings. The second-order valence-corrected chi connectivity index (χ2v) is 6.69. The Morgan fingerprint density at radius 1 is 1.22 bits per heavy atom. The highest BCUT2D eigenvalue weighted by Gasteiger charge is 2.36. The number of piperidine rings is 1. The SMILES string of the molecule is O=C(CN1CCC2=Nc3ccccc3C(=O)C2C1)Nc1ccc(F)cc1F. The van der Waals surface area contributed by atoms with Crippen LogP contribution in [0.15, 0.2) is 47.5 Å². The predicted molar refractivity (Wildman–Crippen MR) is 97.4 cm³/mol. The van der Waals surface area contributed by atoms with Crippen LogP contribution in [0, 0.1) is 17.6 Å². The summed E-state index contributed by atoms with van der Waals surface area (Å²) in [6.07, 6.45) is 0.600. The molecular formula is C20H17F2N3O2. The fourth-order valence-corrected chi connectivity index (χ4v) is 3.52. The molecule has 2 aliphatic rings. The van der Waals surface area contributed by atoms with E-state index in [1.54, 1.807) is 6.07 Å². The normalized spacial score (nSPS) is 19.1. The van der Waals surface area contributed by atoms with Gasteiger partial charge in [0.25, 0.3) is 0 Å². The van der Waals surface area contributed by atoms with E-state index in [1.807, 2.05) is 23.1 Å². The molecular weight excluding hydrogens is 352 g/mol. The summed E-state index contributed by atoms with van der Waals surface area (Å²) in [4.78, 5) is 31.4. The van der Waals surface area contributed by atoms with Crippen molar-refractivity contribution < 1.29 is 18.4 Å². The zero-order valence-electron chi connectivity index (χ0n) is 14.4. The third-order valence-corrected chi connectivity index (χ3v) is 4.85. The molecule has 0 radical (unpaired) electrons. The van der Waals surface area contributed by atoms with E-state index >= 15 is 0 Å². The Morgan fingerprint density at radius 3 is 2.85 bits per heavy atom. The molecule has 138 valence electrons. The molecule has 0 saturated carbocycles. The smallest absolute Gasteiger partial charge is 0.238 e. The number of halogens is 2. The molecule has 5 nitrogen and oxygen atoms in total. The zero-order chi connectivity index (χ0) is 19.0. The molecule has 1 unspecified atom stereocenters. The van der Waals surface area contributed by atoms with Crippen molar-refractivity contribution in [2.45, 2.75) is 6.42 Å². The van der Waals surface area contributed by atoms with Crippen molar-refractivity contribution in [1.82, 2.24) is 4.90 Å². The molecule has 0 aliphatic carbocycles. The monoisotopic (exact) mass is 369 g/mol. The van der Waals surface area contributed by atoms with Crippen LogP contribution in [0.25, 0.3) is 0 Å². The van der Waals surface area contributed by atoms with Gasteiger partial charge in [-0.3, -0.25) is 19.5 Å². The lowest BCUT2D eigenvalue weighted by Crippen LogP contribution is -2.47. The number of fused-ring (bicyclic) bond motifs is 2. The molecule has 27 heavy (non-hydrogen) atoms. The summed E-state index contributed by atoms with van der Waals surface area (Å²) in [5, 5.41) is 2.45. The summed E-state index contributed by atoms with van der Waals surface area (Å²) in [6.45, 7) is 1.00. The molecule has 2 aliphatic heterocycles. The number of rotatable bonds is 3. The highest BCUT2D eigenvalue weighted by Crippen LogP contribution is 2.31. The van der Waals surface area contributed by atoms with Crippen LogP contribution in [0.1, 0.15) is 16.8 Å². The first-order valence-corrected chi connectivity index (χ1v) is 8.69. The Morgan fingerprint density at radius 2 is 2.04 bits per heavy atom. The first-order valence-electron chi connectivity index (χ1n) is 8.69. The number of likely N-dealkylation sites (tertiary alicyclic amines) is 1. The average Bonchev–Trinajstić information content (AvgIpc) is 2.65. The van der Waals surface area contributed by atoms with Crippen LogP contribution >= 0.6 is 0 Å². The largest absolute Gasteiger partial charge is 0.322 e. The number of anilines is 1. The van der Waals surface area contributed by atoms with Crippen LogP contribution in [-0.2, 0) is 4.79 Å². The second kappa shape index (κ2) is 7.00. The Kier molecular flexibility index (Phi) is 4.53. The molecule has 2 aromatic carbocycles. The van der Waals surface area contributed by atoms with Crippen LogP contribution in [0.4, 0.5) is 20.2 Å². The molecule has 7 heteroatoms. The maximum Gasteiger partial charge on any atom is 0.238 e. The minimum absolute atomic E-state index is 0.0188. The van der Waals surface area contributed by atoms with Gasteiger partial charge in [-0.25, -0.2) is 8.78 Å². The number of hydrogen-bond acceptors (Lipinski definition) is 4. The van der Waals surface area contributed by atoms with Crippen molar-refractivity contribution in [1.29, 1.82) is 0 Å². The van der Waals surface area contributed by atoms with E-state index in [4.69, 9.17) is 0 Å². The number of carbonyl (C=O) groups excluding carboxylic acids is 2. The molecule has 0 aromatic heterocycles. The number of aliphatic imine (C=N–C) groups is 1. The predicted octanol–water partition coefficient (Wildman–Crippen LogP) is 3.19. The van der Waals surface area contributed by atoms with Gasteiger partial charge in [0.05, 0.1) is 23.8 Å². The topological polar surface area (TPSA) is 61.8 Å². The van der Waals surface area contributed by atoms with E-state index in [0.29, 0.717) is 30.8 Å². The third kappa shape index (κ3) is 3.50. The van der Waals surface area contributed by atoms with Gasteiger partial charge < -0.3 is 5.32 Å². The van der Waals surface area contributed by atoms with Gasteiger partial charge in [0, 0.05) is 30.4 Å². The van der Waals surface area contributed by atoms with E-state index < -0.39 is 17.5 Å². The first-order chi connectivity index (χ1) is 13.0. The average molecular weight is 369 g/mol. The number of ketones is 1. The van der Waals surface area contributed by atoms with Crippen molar-refractivity contribution in [2.75, 3.05) is 25.0 Å². The zero-order valence-corrected chi connectivity index (χ0v) is 14.4. The van der Waals surface area contributed by atoms with Crippen LogP contribution in [0.5, 0.6) is 0 Å². The number of Topliss-reactive ketones (excluding diaryl/α,β-unsaturated/α-hetero) is 1. The molecule has 4 rings (SSSR count). The van der Waals surface area contributed by atoms with E-state index in [0.717, 1.165) is 17.8 Å². The number of para-hydroxylation sites is 1. The van der Waals surface area contributed by atoms with Crippen LogP contribution in [0.2, 0.25) is 0 Å². The summed E-state index contributed by atoms with van der Waals surface area (Å²) in [7, 11) is 0. The number of amides is 1. The van der Waals surface area contributed by atoms with E-state index in [1.165, 1.54) is 6.07 Å². The molecule has 1 saturated heterocycles. The summed E-state index contributed by atoms with van der Waals surface area (Å²) in [6, 6.07) is 10.2. The van der Waals surface area contributed by atoms with Crippen molar-refractivity contribution in [2.24, 2.45) is 10.9 Å². The van der Waals surface area contributed by atoms with Gasteiger partial charge in [-0.05, 0) is 30.7 Å². The van der Waals surface area contributed by atoms with Gasteiger partial charge in [0.2, 0.25) is 5.91 Å². The van der Waals surface area contributed by atoms with Crippen molar-refractivity contribution in [3.63, 3.8) is 0 Å². The molecule has 1 fully saturated rings. The summed E-state index contributed by atoms with van der Waals surface area (Å²) < 4.78 is 26.6. The molecule has 1 N–H and O–H groups in total. The quantitative estimate of drug-likeness (QED) is 0.904. The van der Waals surface area contributed by atoms with Gasteiger partial charge in [-0.1, -0.05) is 12.1 Å². The molecule has 1 atom stereocenters. The Bertz CT molecular complexity index is 958. The Labute approximate surface area is 154 Å². The van der Waals surface area contributed by atoms with Gasteiger partial charge in [-0.15, -0.1) is 0 Å². The molecule has 0 bridgehead atoms. The van der Waals surface area contributed by atoms with E-state index in [9.17, 15) is 18.4 Å². The molecule has 0 spiro atoms. The van der Waals surface area contributed by atoms with E-state index in [-0.39, 0.29) is 23.9 Å². The van der Waals surface area contributed by atoms with Crippen LogP contribution in [0.3, 0.4) is 0 Å². The number of carbonyl (C=O) groups is 2. The standard InChI is InChI=1S/C20H17F2N3O2/c21-12-5-6-18(15(22)9-12)24-19(26)11-25-8-7-17-14(10-25)20(27)13-3-1-2-4-16(13)23-17/h1-6,9,14H,7-8,10-11H2,(H,24,26). The van der Waals surface area contributed by atoms with Gasteiger partial charge >= 0.3 is 0 Å². The van der Waals surface area contributed by atoms with Crippen LogP contribution in [-0.4, -0.2) is 41.9 Å². The summed E-state index contributed by atoms with van der Waals surface area (Å²) in [5.41, 5.74) is 2.08. The minimum Gasteiger partial charge on any atom is -0.322 e.